The van der Waals surface area contributed by atoms with Gasteiger partial charge in [-0.1, -0.05) is 48.5 Å². The third kappa shape index (κ3) is 6.70. The molecule has 2 N–H and O–H groups in total. The number of nitrogens with one attached hydrogen (secondary N) is 2. The Balaban J connectivity index is 1.61. The van der Waals surface area contributed by atoms with Gasteiger partial charge in [-0.25, -0.2) is 4.39 Å². The quantitative estimate of drug-likeness (QED) is 0.281. The summed E-state index contributed by atoms with van der Waals surface area (Å²) in [6, 6.07) is 19.2. The standard InChI is InChI=1S/C24H20FN3O6/c25-19-12-11-18(28(32)33)13-21(19)26-22(29)15-34-23(30)14-20(16-7-3-1-4-8-16)27-24(31)17-9-5-2-6-10-17/h1-13,20H,14-15H2,(H,26,29)(H,27,31). The molecule has 0 spiro atoms. The Morgan fingerprint density at radius 3 is 2.26 bits per heavy atom. The molecule has 3 aromatic carbocycles. The Hall–Kier alpha value is -4.60. The maximum Gasteiger partial charge on any atom is 0.308 e. The molecule has 1 atom stereocenters. The van der Waals surface area contributed by atoms with E-state index >= 15 is 0 Å². The van der Waals surface area contributed by atoms with Crippen molar-refractivity contribution in [3.63, 3.8) is 0 Å². The fraction of sp³-hybridized carbons (Fsp3) is 0.125. The van der Waals surface area contributed by atoms with Crippen LogP contribution < -0.4 is 10.6 Å². The lowest BCUT2D eigenvalue weighted by Crippen LogP contribution is -2.31. The third-order valence-electron chi connectivity index (χ3n) is 4.71. The molecule has 1 unspecified atom stereocenters. The lowest BCUT2D eigenvalue weighted by molar-refractivity contribution is -0.384. The second-order valence-electron chi connectivity index (χ2n) is 7.14. The van der Waals surface area contributed by atoms with Gasteiger partial charge < -0.3 is 15.4 Å². The summed E-state index contributed by atoms with van der Waals surface area (Å²) in [6.45, 7) is -0.741. The summed E-state index contributed by atoms with van der Waals surface area (Å²) in [5.74, 6) is -2.92. The monoisotopic (exact) mass is 465 g/mol. The second-order valence-corrected chi connectivity index (χ2v) is 7.14. The van der Waals surface area contributed by atoms with Gasteiger partial charge in [0, 0.05) is 17.7 Å². The number of non-ortho nitro benzene ring substituents is 1. The van der Waals surface area contributed by atoms with Crippen LogP contribution in [0.2, 0.25) is 0 Å². The Labute approximate surface area is 193 Å². The molecule has 9 nitrogen and oxygen atoms in total. The average Bonchev–Trinajstić information content (AvgIpc) is 2.84. The number of nitro benzene ring substituents is 1. The minimum Gasteiger partial charge on any atom is -0.455 e. The minimum atomic E-state index is -0.877. The fourth-order valence-corrected chi connectivity index (χ4v) is 3.05. The number of carbonyl (C=O) groups excluding carboxylic acids is 3. The van der Waals surface area contributed by atoms with E-state index in [1.54, 1.807) is 60.7 Å². The van der Waals surface area contributed by atoms with Crippen molar-refractivity contribution in [1.82, 2.24) is 5.32 Å². The molecule has 0 bridgehead atoms. The zero-order valence-corrected chi connectivity index (χ0v) is 17.8. The van der Waals surface area contributed by atoms with E-state index in [1.807, 2.05) is 0 Å². The molecule has 0 aliphatic carbocycles. The summed E-state index contributed by atoms with van der Waals surface area (Å²) in [5, 5.41) is 15.7. The molecular formula is C24H20FN3O6. The highest BCUT2D eigenvalue weighted by Gasteiger charge is 2.21. The molecule has 174 valence electrons. The Morgan fingerprint density at radius 2 is 1.62 bits per heavy atom. The molecule has 2 amide bonds. The van der Waals surface area contributed by atoms with Gasteiger partial charge in [0.15, 0.2) is 6.61 Å². The molecule has 34 heavy (non-hydrogen) atoms. The van der Waals surface area contributed by atoms with Crippen LogP contribution in [0, 0.1) is 15.9 Å². The Kier molecular flexibility index (Phi) is 8.01. The predicted molar refractivity (Wildman–Crippen MR) is 120 cm³/mol. The van der Waals surface area contributed by atoms with Crippen molar-refractivity contribution >= 4 is 29.2 Å². The number of amides is 2. The molecule has 0 aromatic heterocycles. The van der Waals surface area contributed by atoms with Crippen molar-refractivity contribution in [3.05, 3.63) is 106 Å². The van der Waals surface area contributed by atoms with Crippen molar-refractivity contribution in [2.45, 2.75) is 12.5 Å². The maximum atomic E-state index is 13.8. The van der Waals surface area contributed by atoms with E-state index in [0.717, 1.165) is 18.2 Å². The van der Waals surface area contributed by atoms with E-state index in [4.69, 9.17) is 4.74 Å². The number of hydrogen-bond donors (Lipinski definition) is 2. The number of halogens is 1. The number of hydrogen-bond acceptors (Lipinski definition) is 6. The van der Waals surface area contributed by atoms with Gasteiger partial charge in [-0.15, -0.1) is 0 Å². The van der Waals surface area contributed by atoms with E-state index in [1.165, 1.54) is 0 Å². The highest BCUT2D eigenvalue weighted by Crippen LogP contribution is 2.21. The summed E-state index contributed by atoms with van der Waals surface area (Å²) in [6.07, 6.45) is -0.263. The number of carbonyl (C=O) groups is 3. The zero-order chi connectivity index (χ0) is 24.5. The van der Waals surface area contributed by atoms with Crippen LogP contribution in [0.3, 0.4) is 0 Å². The maximum absolute atomic E-state index is 13.8. The summed E-state index contributed by atoms with van der Waals surface area (Å²) >= 11 is 0. The summed E-state index contributed by atoms with van der Waals surface area (Å²) in [7, 11) is 0. The summed E-state index contributed by atoms with van der Waals surface area (Å²) in [5.41, 5.74) is 0.253. The van der Waals surface area contributed by atoms with Crippen LogP contribution in [-0.4, -0.2) is 29.3 Å². The van der Waals surface area contributed by atoms with Gasteiger partial charge in [-0.2, -0.15) is 0 Å². The van der Waals surface area contributed by atoms with Gasteiger partial charge in [0.2, 0.25) is 0 Å². The number of nitro groups is 1. The molecule has 10 heteroatoms. The first-order valence-electron chi connectivity index (χ1n) is 10.1. The van der Waals surface area contributed by atoms with Gasteiger partial charge in [-0.3, -0.25) is 24.5 Å². The average molecular weight is 465 g/mol. The summed E-state index contributed by atoms with van der Waals surface area (Å²) in [4.78, 5) is 47.1. The van der Waals surface area contributed by atoms with Gasteiger partial charge in [0.25, 0.3) is 17.5 Å². The van der Waals surface area contributed by atoms with Crippen LogP contribution in [0.4, 0.5) is 15.8 Å². The number of ether oxygens (including phenoxy) is 1. The molecule has 0 radical (unpaired) electrons. The Bertz CT molecular complexity index is 1190. The van der Waals surface area contributed by atoms with Crippen molar-refractivity contribution in [1.29, 1.82) is 0 Å². The molecular weight excluding hydrogens is 445 g/mol. The molecule has 3 rings (SSSR count). The van der Waals surface area contributed by atoms with Crippen LogP contribution in [0.1, 0.15) is 28.4 Å². The lowest BCUT2D eigenvalue weighted by Gasteiger charge is -2.19. The van der Waals surface area contributed by atoms with Crippen molar-refractivity contribution in [2.24, 2.45) is 0 Å². The zero-order valence-electron chi connectivity index (χ0n) is 17.8. The van der Waals surface area contributed by atoms with Crippen LogP contribution in [0.5, 0.6) is 0 Å². The molecule has 0 saturated carbocycles. The van der Waals surface area contributed by atoms with Crippen molar-refractivity contribution < 1.29 is 28.4 Å². The smallest absolute Gasteiger partial charge is 0.308 e. The number of nitrogens with zero attached hydrogens (tertiary/aromatic N) is 1. The van der Waals surface area contributed by atoms with Crippen LogP contribution >= 0.6 is 0 Å². The lowest BCUT2D eigenvalue weighted by atomic mass is 10.0. The second kappa shape index (κ2) is 11.3. The molecule has 0 aliphatic heterocycles. The van der Waals surface area contributed by atoms with Crippen molar-refractivity contribution in [2.75, 3.05) is 11.9 Å². The number of benzene rings is 3. The Morgan fingerprint density at radius 1 is 0.971 bits per heavy atom. The highest BCUT2D eigenvalue weighted by atomic mass is 19.1. The number of esters is 1. The first kappa shape index (κ1) is 24.1. The van der Waals surface area contributed by atoms with Gasteiger partial charge in [0.05, 0.1) is 23.1 Å². The van der Waals surface area contributed by atoms with Crippen LogP contribution in [0.15, 0.2) is 78.9 Å². The van der Waals surface area contributed by atoms with Crippen molar-refractivity contribution in [3.8, 4) is 0 Å². The molecule has 3 aromatic rings. The number of rotatable bonds is 9. The van der Waals surface area contributed by atoms with E-state index in [2.05, 4.69) is 10.6 Å². The van der Waals surface area contributed by atoms with Gasteiger partial charge in [-0.05, 0) is 23.8 Å². The molecule has 0 fully saturated rings. The topological polar surface area (TPSA) is 128 Å². The van der Waals surface area contributed by atoms with E-state index in [9.17, 15) is 28.9 Å². The van der Waals surface area contributed by atoms with Crippen LogP contribution in [-0.2, 0) is 14.3 Å². The normalized spacial score (nSPS) is 11.2. The molecule has 0 saturated heterocycles. The first-order chi connectivity index (χ1) is 16.3. The molecule has 0 aliphatic rings. The third-order valence-corrected chi connectivity index (χ3v) is 4.71. The largest absolute Gasteiger partial charge is 0.455 e. The van der Waals surface area contributed by atoms with Gasteiger partial charge in [0.1, 0.15) is 5.82 Å². The van der Waals surface area contributed by atoms with Gasteiger partial charge >= 0.3 is 5.97 Å². The first-order valence-corrected chi connectivity index (χ1v) is 10.1. The minimum absolute atomic E-state index is 0.263. The number of anilines is 1. The van der Waals surface area contributed by atoms with E-state index < -0.39 is 46.6 Å². The SMILES string of the molecule is O=C(COC(=O)CC(NC(=O)c1ccccc1)c1ccccc1)Nc1cc([N+](=O)[O-])ccc1F. The fourth-order valence-electron chi connectivity index (χ4n) is 3.05. The molecule has 0 heterocycles. The highest BCUT2D eigenvalue weighted by molar-refractivity contribution is 5.95. The van der Waals surface area contributed by atoms with Crippen LogP contribution in [0.25, 0.3) is 0 Å². The predicted octanol–water partition coefficient (Wildman–Crippen LogP) is 3.78. The van der Waals surface area contributed by atoms with E-state index in [-0.39, 0.29) is 12.3 Å². The van der Waals surface area contributed by atoms with E-state index in [0.29, 0.717) is 11.1 Å². The summed E-state index contributed by atoms with van der Waals surface area (Å²) < 4.78 is 18.8.